The number of hydrogen-bond donors (Lipinski definition) is 0. The van der Waals surface area contributed by atoms with Gasteiger partial charge < -0.3 is 14.2 Å². The van der Waals surface area contributed by atoms with Crippen molar-refractivity contribution in [3.8, 4) is 23.3 Å². The van der Waals surface area contributed by atoms with Crippen LogP contribution in [-0.4, -0.2) is 38.9 Å². The maximum atomic E-state index is 12.9. The van der Waals surface area contributed by atoms with Crippen LogP contribution in [0.2, 0.25) is 0 Å². The SMILES string of the molecule is COC(=O)c1ccc(C(=O)C(=O)c2ccccc2C#Cc2ccc(OC)c(OC)c2)cc1. The molecule has 0 aliphatic carbocycles. The molecule has 0 heterocycles. The van der Waals surface area contributed by atoms with Gasteiger partial charge in [0.1, 0.15) is 0 Å². The van der Waals surface area contributed by atoms with E-state index in [0.29, 0.717) is 22.6 Å². The highest BCUT2D eigenvalue weighted by molar-refractivity contribution is 6.49. The van der Waals surface area contributed by atoms with Gasteiger partial charge in [-0.25, -0.2) is 4.79 Å². The van der Waals surface area contributed by atoms with E-state index in [0.717, 1.165) is 0 Å². The van der Waals surface area contributed by atoms with Gasteiger partial charge in [-0.15, -0.1) is 0 Å². The highest BCUT2D eigenvalue weighted by Gasteiger charge is 2.21. The first kappa shape index (κ1) is 22.3. The third-order valence-corrected chi connectivity index (χ3v) is 4.67. The summed E-state index contributed by atoms with van der Waals surface area (Å²) in [4.78, 5) is 37.2. The summed E-state index contributed by atoms with van der Waals surface area (Å²) >= 11 is 0. The molecule has 0 radical (unpaired) electrons. The minimum atomic E-state index is -0.693. The molecule has 0 N–H and O–H groups in total. The standard InChI is InChI=1S/C26H20O6/c1-30-22-15-9-17(16-23(22)31-2)8-10-18-6-4-5-7-21(18)25(28)24(27)19-11-13-20(14-12-19)26(29)32-3/h4-7,9,11-16H,1-3H3. The van der Waals surface area contributed by atoms with Crippen LogP contribution >= 0.6 is 0 Å². The lowest BCUT2D eigenvalue weighted by molar-refractivity contribution is 0.0600. The Kier molecular flexibility index (Phi) is 7.04. The number of ether oxygens (including phenoxy) is 3. The van der Waals surface area contributed by atoms with Crippen molar-refractivity contribution < 1.29 is 28.6 Å². The Bertz CT molecular complexity index is 1230. The van der Waals surface area contributed by atoms with E-state index in [1.54, 1.807) is 49.6 Å². The quantitative estimate of drug-likeness (QED) is 0.256. The minimum absolute atomic E-state index is 0.172. The van der Waals surface area contributed by atoms with Crippen LogP contribution in [0.15, 0.2) is 66.7 Å². The Morgan fingerprint density at radius 1 is 0.688 bits per heavy atom. The summed E-state index contributed by atoms with van der Waals surface area (Å²) in [6.45, 7) is 0. The van der Waals surface area contributed by atoms with E-state index in [9.17, 15) is 14.4 Å². The van der Waals surface area contributed by atoms with Crippen molar-refractivity contribution in [2.24, 2.45) is 0 Å². The van der Waals surface area contributed by atoms with E-state index in [2.05, 4.69) is 16.6 Å². The normalized spacial score (nSPS) is 9.84. The molecule has 0 aliphatic rings. The van der Waals surface area contributed by atoms with Gasteiger partial charge in [0.25, 0.3) is 0 Å². The lowest BCUT2D eigenvalue weighted by Gasteiger charge is -2.07. The molecule has 0 spiro atoms. The molecule has 0 atom stereocenters. The predicted molar refractivity (Wildman–Crippen MR) is 118 cm³/mol. The molecule has 6 heteroatoms. The van der Waals surface area contributed by atoms with E-state index in [1.165, 1.54) is 38.5 Å². The zero-order valence-electron chi connectivity index (χ0n) is 17.8. The van der Waals surface area contributed by atoms with E-state index >= 15 is 0 Å². The maximum Gasteiger partial charge on any atom is 0.337 e. The Hall–Kier alpha value is -4.37. The zero-order valence-corrected chi connectivity index (χ0v) is 17.8. The molecule has 0 amide bonds. The maximum absolute atomic E-state index is 12.9. The van der Waals surface area contributed by atoms with Crippen molar-refractivity contribution in [3.05, 3.63) is 94.5 Å². The van der Waals surface area contributed by atoms with Crippen LogP contribution in [0.4, 0.5) is 0 Å². The van der Waals surface area contributed by atoms with E-state index < -0.39 is 17.5 Å². The fraction of sp³-hybridized carbons (Fsp3) is 0.115. The van der Waals surface area contributed by atoms with E-state index in [4.69, 9.17) is 9.47 Å². The lowest BCUT2D eigenvalue weighted by atomic mass is 9.97. The van der Waals surface area contributed by atoms with Crippen LogP contribution in [0.3, 0.4) is 0 Å². The Morgan fingerprint density at radius 2 is 1.34 bits per heavy atom. The smallest absolute Gasteiger partial charge is 0.337 e. The van der Waals surface area contributed by atoms with Crippen molar-refractivity contribution in [2.75, 3.05) is 21.3 Å². The van der Waals surface area contributed by atoms with Crippen LogP contribution < -0.4 is 9.47 Å². The van der Waals surface area contributed by atoms with Gasteiger partial charge in [0.05, 0.1) is 26.9 Å². The Labute approximate surface area is 185 Å². The minimum Gasteiger partial charge on any atom is -0.493 e. The summed E-state index contributed by atoms with van der Waals surface area (Å²) in [5, 5.41) is 0. The van der Waals surface area contributed by atoms with Crippen LogP contribution in [0.5, 0.6) is 11.5 Å². The average Bonchev–Trinajstić information content (AvgIpc) is 2.86. The molecule has 0 bridgehead atoms. The van der Waals surface area contributed by atoms with Gasteiger partial charge in [-0.05, 0) is 42.5 Å². The molecule has 0 aromatic heterocycles. The summed E-state index contributed by atoms with van der Waals surface area (Å²) in [6.07, 6.45) is 0. The summed E-state index contributed by atoms with van der Waals surface area (Å²) in [5.74, 6) is 5.16. The van der Waals surface area contributed by atoms with Crippen LogP contribution in [-0.2, 0) is 4.74 Å². The monoisotopic (exact) mass is 428 g/mol. The van der Waals surface area contributed by atoms with Crippen LogP contribution in [0, 0.1) is 11.8 Å². The number of ketones is 2. The van der Waals surface area contributed by atoms with Crippen molar-refractivity contribution in [2.45, 2.75) is 0 Å². The van der Waals surface area contributed by atoms with Gasteiger partial charge in [0.2, 0.25) is 11.6 Å². The first-order chi connectivity index (χ1) is 15.5. The number of esters is 1. The molecule has 0 aliphatic heterocycles. The molecule has 3 aromatic carbocycles. The molecule has 0 unspecified atom stereocenters. The second kappa shape index (κ2) is 10.1. The van der Waals surface area contributed by atoms with Gasteiger partial charge in [-0.2, -0.15) is 0 Å². The van der Waals surface area contributed by atoms with Crippen LogP contribution in [0.1, 0.15) is 42.2 Å². The molecule has 0 saturated carbocycles. The van der Waals surface area contributed by atoms with E-state index in [1.807, 2.05) is 0 Å². The molecule has 32 heavy (non-hydrogen) atoms. The van der Waals surface area contributed by atoms with Gasteiger partial charge in [0.15, 0.2) is 11.5 Å². The number of rotatable bonds is 6. The molecule has 6 nitrogen and oxygen atoms in total. The second-order valence-corrected chi connectivity index (χ2v) is 6.59. The van der Waals surface area contributed by atoms with Gasteiger partial charge >= 0.3 is 5.97 Å². The number of carbonyl (C=O) groups is 3. The summed E-state index contributed by atoms with van der Waals surface area (Å²) in [7, 11) is 4.35. The summed E-state index contributed by atoms with van der Waals surface area (Å²) in [6, 6.07) is 17.6. The first-order valence-corrected chi connectivity index (χ1v) is 9.59. The number of carbonyl (C=O) groups excluding carboxylic acids is 3. The number of Topliss-reactive ketones (excluding diaryl/α,β-unsaturated/α-hetero) is 2. The topological polar surface area (TPSA) is 78.9 Å². The fourth-order valence-electron chi connectivity index (χ4n) is 2.97. The zero-order chi connectivity index (χ0) is 23.1. The number of hydrogen-bond acceptors (Lipinski definition) is 6. The molecule has 160 valence electrons. The third-order valence-electron chi connectivity index (χ3n) is 4.67. The van der Waals surface area contributed by atoms with Gasteiger partial charge in [-0.3, -0.25) is 9.59 Å². The van der Waals surface area contributed by atoms with Crippen molar-refractivity contribution >= 4 is 17.5 Å². The van der Waals surface area contributed by atoms with Crippen LogP contribution in [0.25, 0.3) is 0 Å². The third kappa shape index (κ3) is 4.85. The second-order valence-electron chi connectivity index (χ2n) is 6.59. The molecule has 3 rings (SSSR count). The Morgan fingerprint density at radius 3 is 2.00 bits per heavy atom. The van der Waals surface area contributed by atoms with Crippen molar-refractivity contribution in [1.29, 1.82) is 0 Å². The summed E-state index contributed by atoms with van der Waals surface area (Å²) < 4.78 is 15.1. The summed E-state index contributed by atoms with van der Waals surface area (Å²) in [5.41, 5.74) is 1.74. The highest BCUT2D eigenvalue weighted by atomic mass is 16.5. The fourth-order valence-corrected chi connectivity index (χ4v) is 2.97. The molecule has 0 saturated heterocycles. The van der Waals surface area contributed by atoms with Gasteiger partial charge in [-0.1, -0.05) is 36.1 Å². The lowest BCUT2D eigenvalue weighted by Crippen LogP contribution is -2.16. The van der Waals surface area contributed by atoms with Crippen molar-refractivity contribution in [3.63, 3.8) is 0 Å². The van der Waals surface area contributed by atoms with Crippen molar-refractivity contribution in [1.82, 2.24) is 0 Å². The van der Waals surface area contributed by atoms with Gasteiger partial charge in [0, 0.05) is 22.3 Å². The molecule has 0 fully saturated rings. The average molecular weight is 428 g/mol. The highest BCUT2D eigenvalue weighted by Crippen LogP contribution is 2.27. The number of benzene rings is 3. The predicted octanol–water partition coefficient (Wildman–Crippen LogP) is 3.96. The van der Waals surface area contributed by atoms with E-state index in [-0.39, 0.29) is 16.7 Å². The molecular weight excluding hydrogens is 408 g/mol. The first-order valence-electron chi connectivity index (χ1n) is 9.59. The number of methoxy groups -OCH3 is 3. The largest absolute Gasteiger partial charge is 0.493 e. The molecular formula is C26H20O6. The Balaban J connectivity index is 1.88. The molecule has 3 aromatic rings.